The van der Waals surface area contributed by atoms with Gasteiger partial charge in [0.05, 0.1) is 0 Å². The Kier molecular flexibility index (Phi) is 5.12. The minimum atomic E-state index is -1.04. The van der Waals surface area contributed by atoms with Crippen molar-refractivity contribution in [2.24, 2.45) is 5.92 Å². The summed E-state index contributed by atoms with van der Waals surface area (Å²) in [5.74, 6) is -0.820. The van der Waals surface area contributed by atoms with Crippen molar-refractivity contribution >= 4 is 23.5 Å². The third-order valence-corrected chi connectivity index (χ3v) is 4.68. The van der Waals surface area contributed by atoms with Crippen molar-refractivity contribution in [1.82, 2.24) is 4.90 Å². The van der Waals surface area contributed by atoms with E-state index in [-0.39, 0.29) is 11.8 Å². The fourth-order valence-electron chi connectivity index (χ4n) is 3.09. The molecule has 4 nitrogen and oxygen atoms in total. The largest absolute Gasteiger partial charge is 0.480 e. The van der Waals surface area contributed by atoms with E-state index >= 15 is 0 Å². The minimum Gasteiger partial charge on any atom is -0.480 e. The number of carboxylic acids is 1. The number of hydrogen-bond acceptors (Lipinski definition) is 2. The lowest BCUT2D eigenvalue weighted by atomic mass is 9.95. The van der Waals surface area contributed by atoms with Crippen LogP contribution in [-0.4, -0.2) is 34.0 Å². The first-order valence-corrected chi connectivity index (χ1v) is 7.99. The van der Waals surface area contributed by atoms with Crippen LogP contribution in [0.15, 0.2) is 24.3 Å². The summed E-state index contributed by atoms with van der Waals surface area (Å²) in [6.07, 6.45) is 2.42. The topological polar surface area (TPSA) is 57.6 Å². The predicted molar refractivity (Wildman–Crippen MR) is 85.9 cm³/mol. The van der Waals surface area contributed by atoms with Gasteiger partial charge in [-0.15, -0.1) is 0 Å². The number of carboxylic acid groups (broad SMARTS) is 1. The van der Waals surface area contributed by atoms with Crippen LogP contribution in [-0.2, 0) is 16.0 Å². The number of halogens is 1. The van der Waals surface area contributed by atoms with Crippen molar-refractivity contribution in [1.29, 1.82) is 0 Å². The van der Waals surface area contributed by atoms with Gasteiger partial charge in [0.1, 0.15) is 5.54 Å². The molecule has 1 aromatic rings. The van der Waals surface area contributed by atoms with E-state index in [2.05, 4.69) is 0 Å². The Morgan fingerprint density at radius 1 is 1.36 bits per heavy atom. The van der Waals surface area contributed by atoms with Gasteiger partial charge in [0.25, 0.3) is 0 Å². The molecule has 2 atom stereocenters. The zero-order valence-corrected chi connectivity index (χ0v) is 13.8. The molecule has 2 rings (SSSR count). The molecule has 0 aliphatic carbocycles. The molecule has 22 heavy (non-hydrogen) atoms. The lowest BCUT2D eigenvalue weighted by Gasteiger charge is -2.32. The van der Waals surface area contributed by atoms with Crippen molar-refractivity contribution in [3.05, 3.63) is 34.9 Å². The molecule has 5 heteroatoms. The highest BCUT2D eigenvalue weighted by molar-refractivity contribution is 6.30. The monoisotopic (exact) mass is 323 g/mol. The maximum absolute atomic E-state index is 12.5. The smallest absolute Gasteiger partial charge is 0.329 e. The maximum atomic E-state index is 12.5. The third kappa shape index (κ3) is 3.61. The van der Waals surface area contributed by atoms with Crippen LogP contribution < -0.4 is 0 Å². The van der Waals surface area contributed by atoms with Crippen LogP contribution in [0.5, 0.6) is 0 Å². The first kappa shape index (κ1) is 16.8. The molecule has 1 aliphatic rings. The summed E-state index contributed by atoms with van der Waals surface area (Å²) in [5.41, 5.74) is 0.0870. The summed E-state index contributed by atoms with van der Waals surface area (Å²) in [6, 6.07) is 7.60. The first-order valence-electron chi connectivity index (χ1n) is 7.61. The number of nitrogens with zero attached hydrogens (tertiary/aromatic N) is 1. The molecule has 1 N–H and O–H groups in total. The summed E-state index contributed by atoms with van der Waals surface area (Å²) >= 11 is 5.86. The number of aliphatic carboxylic acids is 1. The number of amides is 1. The van der Waals surface area contributed by atoms with E-state index in [1.807, 2.05) is 31.2 Å². The Bertz CT molecular complexity index is 558. The Morgan fingerprint density at radius 2 is 2.00 bits per heavy atom. The standard InChI is InChI=1S/C17H22ClNO3/c1-12(10-13-4-6-14(18)7-5-13)11-15(20)19-9-3-8-17(19,2)16(21)22/h4-7,12H,3,8-11H2,1-2H3,(H,21,22). The van der Waals surface area contributed by atoms with Crippen LogP contribution in [0.1, 0.15) is 38.7 Å². The third-order valence-electron chi connectivity index (χ3n) is 4.42. The zero-order chi connectivity index (χ0) is 16.3. The Morgan fingerprint density at radius 3 is 2.59 bits per heavy atom. The molecule has 1 aliphatic heterocycles. The number of carbonyl (C=O) groups excluding carboxylic acids is 1. The van der Waals surface area contributed by atoms with Crippen LogP contribution in [0.25, 0.3) is 0 Å². The van der Waals surface area contributed by atoms with Gasteiger partial charge < -0.3 is 10.0 Å². The molecule has 0 bridgehead atoms. The number of hydrogen-bond donors (Lipinski definition) is 1. The molecule has 0 radical (unpaired) electrons. The van der Waals surface area contributed by atoms with Crippen LogP contribution in [0.4, 0.5) is 0 Å². The summed E-state index contributed by atoms with van der Waals surface area (Å²) in [5, 5.41) is 10.1. The van der Waals surface area contributed by atoms with Gasteiger partial charge in [-0.3, -0.25) is 4.79 Å². The summed E-state index contributed by atoms with van der Waals surface area (Å²) in [6.45, 7) is 4.19. The van der Waals surface area contributed by atoms with E-state index in [0.29, 0.717) is 24.4 Å². The number of rotatable bonds is 5. The fraction of sp³-hybridized carbons (Fsp3) is 0.529. The second-order valence-electron chi connectivity index (χ2n) is 6.37. The normalized spacial score (nSPS) is 22.6. The molecule has 0 saturated carbocycles. The van der Waals surface area contributed by atoms with Crippen LogP contribution in [0.2, 0.25) is 5.02 Å². The van der Waals surface area contributed by atoms with E-state index < -0.39 is 11.5 Å². The summed E-state index contributed by atoms with van der Waals surface area (Å²) < 4.78 is 0. The lowest BCUT2D eigenvalue weighted by Crippen LogP contribution is -2.51. The number of likely N-dealkylation sites (tertiary alicyclic amines) is 1. The molecule has 0 spiro atoms. The molecular formula is C17H22ClNO3. The van der Waals surface area contributed by atoms with E-state index in [1.54, 1.807) is 6.92 Å². The van der Waals surface area contributed by atoms with Gasteiger partial charge in [-0.1, -0.05) is 30.7 Å². The van der Waals surface area contributed by atoms with E-state index in [0.717, 1.165) is 18.4 Å². The van der Waals surface area contributed by atoms with Crippen molar-refractivity contribution in [2.45, 2.75) is 45.1 Å². The first-order chi connectivity index (χ1) is 10.3. The SMILES string of the molecule is CC(CC(=O)N1CCCC1(C)C(=O)O)Cc1ccc(Cl)cc1. The molecule has 1 fully saturated rings. The lowest BCUT2D eigenvalue weighted by molar-refractivity contribution is -0.155. The van der Waals surface area contributed by atoms with Crippen LogP contribution >= 0.6 is 11.6 Å². The van der Waals surface area contributed by atoms with Gasteiger partial charge >= 0.3 is 5.97 Å². The fourth-order valence-corrected chi connectivity index (χ4v) is 3.21. The van der Waals surface area contributed by atoms with Crippen molar-refractivity contribution in [3.63, 3.8) is 0 Å². The van der Waals surface area contributed by atoms with E-state index in [1.165, 1.54) is 4.90 Å². The second-order valence-corrected chi connectivity index (χ2v) is 6.80. The van der Waals surface area contributed by atoms with Crippen molar-refractivity contribution < 1.29 is 14.7 Å². The molecule has 1 aromatic carbocycles. The molecule has 120 valence electrons. The Balaban J connectivity index is 1.96. The highest BCUT2D eigenvalue weighted by Crippen LogP contribution is 2.30. The highest BCUT2D eigenvalue weighted by Gasteiger charge is 2.45. The summed E-state index contributed by atoms with van der Waals surface area (Å²) in [4.78, 5) is 25.4. The maximum Gasteiger partial charge on any atom is 0.329 e. The van der Waals surface area contributed by atoms with Gasteiger partial charge in [0.2, 0.25) is 5.91 Å². The highest BCUT2D eigenvalue weighted by atomic mass is 35.5. The van der Waals surface area contributed by atoms with Gasteiger partial charge in [0, 0.05) is 18.0 Å². The summed E-state index contributed by atoms with van der Waals surface area (Å²) in [7, 11) is 0. The van der Waals surface area contributed by atoms with Gasteiger partial charge in [0.15, 0.2) is 0 Å². The van der Waals surface area contributed by atoms with Crippen molar-refractivity contribution in [2.75, 3.05) is 6.54 Å². The number of benzene rings is 1. The van der Waals surface area contributed by atoms with E-state index in [9.17, 15) is 14.7 Å². The number of carbonyl (C=O) groups is 2. The van der Waals surface area contributed by atoms with Gasteiger partial charge in [-0.25, -0.2) is 4.79 Å². The zero-order valence-electron chi connectivity index (χ0n) is 13.0. The Hall–Kier alpha value is -1.55. The molecule has 1 saturated heterocycles. The molecule has 1 amide bonds. The predicted octanol–water partition coefficient (Wildman–Crippen LogP) is 3.37. The average Bonchev–Trinajstić information content (AvgIpc) is 2.85. The van der Waals surface area contributed by atoms with Crippen LogP contribution in [0.3, 0.4) is 0 Å². The molecule has 2 unspecified atom stereocenters. The molecule has 0 aromatic heterocycles. The average molecular weight is 324 g/mol. The van der Waals surface area contributed by atoms with Crippen LogP contribution in [0, 0.1) is 5.92 Å². The quantitative estimate of drug-likeness (QED) is 0.903. The Labute approximate surface area is 136 Å². The second kappa shape index (κ2) is 6.69. The minimum absolute atomic E-state index is 0.0659. The van der Waals surface area contributed by atoms with Gasteiger partial charge in [-0.2, -0.15) is 0 Å². The molecular weight excluding hydrogens is 302 g/mol. The van der Waals surface area contributed by atoms with Crippen molar-refractivity contribution in [3.8, 4) is 0 Å². The molecule has 1 heterocycles. The van der Waals surface area contributed by atoms with E-state index in [4.69, 9.17) is 11.6 Å². The van der Waals surface area contributed by atoms with Gasteiger partial charge in [-0.05, 0) is 49.8 Å².